The molecule has 2 rings (SSSR count). The molecule has 2 heteroatoms. The zero-order valence-corrected chi connectivity index (χ0v) is 11.4. The second kappa shape index (κ2) is 6.19. The van der Waals surface area contributed by atoms with Gasteiger partial charge in [-0.25, -0.2) is 0 Å². The fourth-order valence-electron chi connectivity index (χ4n) is 2.18. The van der Waals surface area contributed by atoms with E-state index in [2.05, 4.69) is 31.2 Å². The second-order valence-corrected chi connectivity index (χ2v) is 4.55. The van der Waals surface area contributed by atoms with Gasteiger partial charge in [-0.1, -0.05) is 43.7 Å². The molecule has 19 heavy (non-hydrogen) atoms. The SMILES string of the molecule is CCCc1ccc(-c2ccc(OC)c(C=N)c2)cc1. The van der Waals surface area contributed by atoms with Crippen LogP contribution in [-0.4, -0.2) is 13.3 Å². The van der Waals surface area contributed by atoms with Gasteiger partial charge in [0.05, 0.1) is 7.11 Å². The molecule has 0 spiro atoms. The van der Waals surface area contributed by atoms with Crippen LogP contribution in [0.2, 0.25) is 0 Å². The lowest BCUT2D eigenvalue weighted by atomic mass is 10.0. The minimum atomic E-state index is 0.737. The lowest BCUT2D eigenvalue weighted by Gasteiger charge is -2.08. The lowest BCUT2D eigenvalue weighted by molar-refractivity contribution is 0.414. The van der Waals surface area contributed by atoms with E-state index >= 15 is 0 Å². The molecule has 1 N–H and O–H groups in total. The molecule has 0 unspecified atom stereocenters. The average Bonchev–Trinajstić information content (AvgIpc) is 2.47. The Bertz CT molecular complexity index is 558. The Balaban J connectivity index is 2.33. The van der Waals surface area contributed by atoms with Gasteiger partial charge in [-0.2, -0.15) is 0 Å². The van der Waals surface area contributed by atoms with E-state index in [0.29, 0.717) is 0 Å². The van der Waals surface area contributed by atoms with Crippen molar-refractivity contribution in [2.24, 2.45) is 0 Å². The molecule has 2 nitrogen and oxygen atoms in total. The molecule has 0 saturated heterocycles. The number of benzene rings is 2. The Hall–Kier alpha value is -2.09. The number of hydrogen-bond acceptors (Lipinski definition) is 2. The predicted molar refractivity (Wildman–Crippen MR) is 80.3 cm³/mol. The van der Waals surface area contributed by atoms with Crippen LogP contribution in [0.3, 0.4) is 0 Å². The number of nitrogens with one attached hydrogen (secondary N) is 1. The molecule has 2 aromatic carbocycles. The lowest BCUT2D eigenvalue weighted by Crippen LogP contribution is -1.91. The van der Waals surface area contributed by atoms with Crippen LogP contribution in [0, 0.1) is 5.41 Å². The van der Waals surface area contributed by atoms with Crippen LogP contribution >= 0.6 is 0 Å². The molecule has 0 heterocycles. The minimum Gasteiger partial charge on any atom is -0.496 e. The standard InChI is InChI=1S/C17H19NO/c1-3-4-13-5-7-14(8-6-13)15-9-10-17(19-2)16(11-15)12-18/h5-12,18H,3-4H2,1-2H3. The summed E-state index contributed by atoms with van der Waals surface area (Å²) in [7, 11) is 1.63. The summed E-state index contributed by atoms with van der Waals surface area (Å²) >= 11 is 0. The average molecular weight is 253 g/mol. The van der Waals surface area contributed by atoms with E-state index in [4.69, 9.17) is 10.1 Å². The molecule has 0 bridgehead atoms. The van der Waals surface area contributed by atoms with Crippen molar-refractivity contribution in [2.75, 3.05) is 7.11 Å². The van der Waals surface area contributed by atoms with Crippen molar-refractivity contribution >= 4 is 6.21 Å². The fraction of sp³-hybridized carbons (Fsp3) is 0.235. The van der Waals surface area contributed by atoms with Gasteiger partial charge in [-0.3, -0.25) is 0 Å². The van der Waals surface area contributed by atoms with Crippen LogP contribution in [0.4, 0.5) is 0 Å². The summed E-state index contributed by atoms with van der Waals surface area (Å²) in [6.45, 7) is 2.19. The van der Waals surface area contributed by atoms with Crippen molar-refractivity contribution in [3.8, 4) is 16.9 Å². The van der Waals surface area contributed by atoms with E-state index < -0.39 is 0 Å². The van der Waals surface area contributed by atoms with E-state index in [9.17, 15) is 0 Å². The zero-order chi connectivity index (χ0) is 13.7. The molecule has 0 aliphatic heterocycles. The van der Waals surface area contributed by atoms with Gasteiger partial charge in [-0.05, 0) is 35.2 Å². The highest BCUT2D eigenvalue weighted by Crippen LogP contribution is 2.26. The maximum Gasteiger partial charge on any atom is 0.127 e. The van der Waals surface area contributed by atoms with Gasteiger partial charge in [-0.15, -0.1) is 0 Å². The number of hydrogen-bond donors (Lipinski definition) is 1. The number of aryl methyl sites for hydroxylation is 1. The van der Waals surface area contributed by atoms with Crippen molar-refractivity contribution in [2.45, 2.75) is 19.8 Å². The first-order chi connectivity index (χ1) is 9.28. The Kier molecular flexibility index (Phi) is 4.35. The third kappa shape index (κ3) is 3.02. The van der Waals surface area contributed by atoms with E-state index in [0.717, 1.165) is 23.3 Å². The summed E-state index contributed by atoms with van der Waals surface area (Å²) in [5.74, 6) is 0.737. The number of methoxy groups -OCH3 is 1. The van der Waals surface area contributed by atoms with Crippen LogP contribution < -0.4 is 4.74 Å². The van der Waals surface area contributed by atoms with Crippen molar-refractivity contribution in [1.82, 2.24) is 0 Å². The summed E-state index contributed by atoms with van der Waals surface area (Å²) in [6, 6.07) is 14.6. The normalized spacial score (nSPS) is 10.2. The molecule has 0 radical (unpaired) electrons. The highest BCUT2D eigenvalue weighted by atomic mass is 16.5. The summed E-state index contributed by atoms with van der Waals surface area (Å²) in [5.41, 5.74) is 4.46. The quantitative estimate of drug-likeness (QED) is 0.791. The summed E-state index contributed by atoms with van der Waals surface area (Å²) in [4.78, 5) is 0. The van der Waals surface area contributed by atoms with Gasteiger partial charge < -0.3 is 10.1 Å². The largest absolute Gasteiger partial charge is 0.496 e. The topological polar surface area (TPSA) is 33.1 Å². The van der Waals surface area contributed by atoms with Gasteiger partial charge in [0.1, 0.15) is 5.75 Å². The van der Waals surface area contributed by atoms with E-state index in [1.165, 1.54) is 23.8 Å². The van der Waals surface area contributed by atoms with Gasteiger partial charge >= 0.3 is 0 Å². The second-order valence-electron chi connectivity index (χ2n) is 4.55. The third-order valence-corrected chi connectivity index (χ3v) is 3.21. The first-order valence-electron chi connectivity index (χ1n) is 6.56. The Labute approximate surface area is 114 Å². The van der Waals surface area contributed by atoms with Gasteiger partial charge in [0.25, 0.3) is 0 Å². The first-order valence-corrected chi connectivity index (χ1v) is 6.56. The highest BCUT2D eigenvalue weighted by Gasteiger charge is 2.04. The van der Waals surface area contributed by atoms with Crippen LogP contribution in [0.15, 0.2) is 42.5 Å². The molecular formula is C17H19NO. The number of ether oxygens (including phenoxy) is 1. The van der Waals surface area contributed by atoms with Gasteiger partial charge in [0, 0.05) is 11.8 Å². The van der Waals surface area contributed by atoms with Crippen LogP contribution in [-0.2, 0) is 6.42 Å². The van der Waals surface area contributed by atoms with E-state index in [1.807, 2.05) is 18.2 Å². The van der Waals surface area contributed by atoms with Gasteiger partial charge in [0.15, 0.2) is 0 Å². The van der Waals surface area contributed by atoms with Crippen LogP contribution in [0.1, 0.15) is 24.5 Å². The Morgan fingerprint density at radius 3 is 2.32 bits per heavy atom. The molecule has 0 aliphatic carbocycles. The van der Waals surface area contributed by atoms with Crippen molar-refractivity contribution in [3.63, 3.8) is 0 Å². The van der Waals surface area contributed by atoms with Crippen molar-refractivity contribution < 1.29 is 4.74 Å². The van der Waals surface area contributed by atoms with Crippen molar-refractivity contribution in [1.29, 1.82) is 5.41 Å². The molecule has 0 aromatic heterocycles. The predicted octanol–water partition coefficient (Wildman–Crippen LogP) is 4.31. The molecule has 98 valence electrons. The zero-order valence-electron chi connectivity index (χ0n) is 11.4. The molecule has 0 atom stereocenters. The minimum absolute atomic E-state index is 0.737. The van der Waals surface area contributed by atoms with E-state index in [1.54, 1.807) is 7.11 Å². The highest BCUT2D eigenvalue weighted by molar-refractivity contribution is 5.84. The number of rotatable bonds is 5. The maximum atomic E-state index is 7.43. The fourth-order valence-corrected chi connectivity index (χ4v) is 2.18. The van der Waals surface area contributed by atoms with Crippen molar-refractivity contribution in [3.05, 3.63) is 53.6 Å². The Morgan fingerprint density at radius 2 is 1.74 bits per heavy atom. The Morgan fingerprint density at radius 1 is 1.05 bits per heavy atom. The molecule has 0 aliphatic rings. The first kappa shape index (κ1) is 13.3. The third-order valence-electron chi connectivity index (χ3n) is 3.21. The van der Waals surface area contributed by atoms with Crippen LogP contribution in [0.5, 0.6) is 5.75 Å². The molecule has 0 saturated carbocycles. The molecule has 0 fully saturated rings. The summed E-state index contributed by atoms with van der Waals surface area (Å²) < 4.78 is 5.23. The van der Waals surface area contributed by atoms with E-state index in [-0.39, 0.29) is 0 Å². The molecule has 2 aromatic rings. The molecular weight excluding hydrogens is 234 g/mol. The molecule has 0 amide bonds. The van der Waals surface area contributed by atoms with Gasteiger partial charge in [0.2, 0.25) is 0 Å². The summed E-state index contributed by atoms with van der Waals surface area (Å²) in [6.07, 6.45) is 3.61. The monoisotopic (exact) mass is 253 g/mol. The maximum absolute atomic E-state index is 7.43. The smallest absolute Gasteiger partial charge is 0.127 e. The van der Waals surface area contributed by atoms with Crippen LogP contribution in [0.25, 0.3) is 11.1 Å². The summed E-state index contributed by atoms with van der Waals surface area (Å²) in [5, 5.41) is 7.43.